The third-order valence-electron chi connectivity index (χ3n) is 2.80. The number of aromatic nitrogens is 1. The van der Waals surface area contributed by atoms with Crippen LogP contribution in [0.3, 0.4) is 0 Å². The van der Waals surface area contributed by atoms with Crippen LogP contribution in [-0.4, -0.2) is 29.0 Å². The van der Waals surface area contributed by atoms with Gasteiger partial charge in [-0.3, -0.25) is 9.88 Å². The van der Waals surface area contributed by atoms with Gasteiger partial charge in [0.15, 0.2) is 0 Å². The highest BCUT2D eigenvalue weighted by Gasteiger charge is 2.08. The molecular weight excluding hydrogens is 198 g/mol. The van der Waals surface area contributed by atoms with Crippen molar-refractivity contribution in [1.29, 1.82) is 0 Å². The van der Waals surface area contributed by atoms with E-state index >= 15 is 0 Å². The Hall–Kier alpha value is -0.930. The number of pyridine rings is 1. The maximum atomic E-state index is 5.97. The van der Waals surface area contributed by atoms with Gasteiger partial charge in [-0.15, -0.1) is 0 Å². The average molecular weight is 221 g/mol. The number of hydrogen-bond donors (Lipinski definition) is 1. The summed E-state index contributed by atoms with van der Waals surface area (Å²) in [6, 6.07) is 6.43. The van der Waals surface area contributed by atoms with Crippen LogP contribution in [-0.2, 0) is 6.54 Å². The number of nitrogens with zero attached hydrogens (tertiary/aromatic N) is 2. The molecule has 0 aliphatic heterocycles. The summed E-state index contributed by atoms with van der Waals surface area (Å²) in [5.41, 5.74) is 8.18. The van der Waals surface area contributed by atoms with E-state index in [2.05, 4.69) is 35.9 Å². The van der Waals surface area contributed by atoms with E-state index < -0.39 is 0 Å². The highest BCUT2D eigenvalue weighted by Crippen LogP contribution is 2.04. The van der Waals surface area contributed by atoms with Gasteiger partial charge in [0, 0.05) is 24.8 Å². The molecule has 0 saturated heterocycles. The fourth-order valence-corrected chi connectivity index (χ4v) is 1.68. The Bertz CT molecular complexity index is 312. The van der Waals surface area contributed by atoms with Crippen molar-refractivity contribution in [3.63, 3.8) is 0 Å². The summed E-state index contributed by atoms with van der Waals surface area (Å²) in [6.07, 6.45) is 1.03. The van der Waals surface area contributed by atoms with Gasteiger partial charge in [-0.2, -0.15) is 0 Å². The van der Waals surface area contributed by atoms with Crippen LogP contribution < -0.4 is 5.73 Å². The maximum Gasteiger partial charge on any atom is 0.0547 e. The summed E-state index contributed by atoms with van der Waals surface area (Å²) in [7, 11) is 0. The van der Waals surface area contributed by atoms with Crippen LogP contribution in [0.2, 0.25) is 0 Å². The molecule has 0 bridgehead atoms. The van der Waals surface area contributed by atoms with Crippen LogP contribution in [0.15, 0.2) is 18.2 Å². The molecule has 3 heteroatoms. The van der Waals surface area contributed by atoms with E-state index in [1.165, 1.54) is 0 Å². The molecule has 16 heavy (non-hydrogen) atoms. The lowest BCUT2D eigenvalue weighted by molar-refractivity contribution is 0.256. The van der Waals surface area contributed by atoms with E-state index in [4.69, 9.17) is 5.73 Å². The predicted octanol–water partition coefficient (Wildman–Crippen LogP) is 1.95. The molecule has 0 aliphatic rings. The summed E-state index contributed by atoms with van der Waals surface area (Å²) < 4.78 is 0. The third kappa shape index (κ3) is 4.29. The molecule has 2 N–H and O–H groups in total. The van der Waals surface area contributed by atoms with Gasteiger partial charge in [0.1, 0.15) is 0 Å². The van der Waals surface area contributed by atoms with Crippen molar-refractivity contribution < 1.29 is 0 Å². The zero-order chi connectivity index (χ0) is 12.0. The number of rotatable bonds is 6. The second-order valence-electron chi connectivity index (χ2n) is 4.27. The summed E-state index contributed by atoms with van der Waals surface area (Å²) in [4.78, 5) is 6.85. The Morgan fingerprint density at radius 1 is 1.38 bits per heavy atom. The van der Waals surface area contributed by atoms with Crippen molar-refractivity contribution in [2.45, 2.75) is 39.8 Å². The highest BCUT2D eigenvalue weighted by molar-refractivity contribution is 5.09. The Labute approximate surface area is 98.7 Å². The smallest absolute Gasteiger partial charge is 0.0547 e. The molecule has 0 aliphatic carbocycles. The van der Waals surface area contributed by atoms with Gasteiger partial charge in [0.05, 0.1) is 5.69 Å². The SMILES string of the molecule is CCC(N)CN(CC)Cc1cccc(C)n1. The van der Waals surface area contributed by atoms with E-state index in [9.17, 15) is 0 Å². The molecule has 0 spiro atoms. The monoisotopic (exact) mass is 221 g/mol. The lowest BCUT2D eigenvalue weighted by Gasteiger charge is -2.23. The Kier molecular flexibility index (Phi) is 5.43. The molecule has 1 atom stereocenters. The minimum Gasteiger partial charge on any atom is -0.327 e. The van der Waals surface area contributed by atoms with Crippen LogP contribution in [0.1, 0.15) is 31.7 Å². The molecule has 1 rings (SSSR count). The molecule has 90 valence electrons. The molecule has 0 fully saturated rings. The van der Waals surface area contributed by atoms with Crippen molar-refractivity contribution in [2.75, 3.05) is 13.1 Å². The molecule has 1 heterocycles. The summed E-state index contributed by atoms with van der Waals surface area (Å²) in [6.45, 7) is 9.18. The fraction of sp³-hybridized carbons (Fsp3) is 0.615. The van der Waals surface area contributed by atoms with Gasteiger partial charge in [0.25, 0.3) is 0 Å². The van der Waals surface area contributed by atoms with Gasteiger partial charge >= 0.3 is 0 Å². The molecule has 0 amide bonds. The van der Waals surface area contributed by atoms with Crippen molar-refractivity contribution >= 4 is 0 Å². The Balaban J connectivity index is 2.56. The molecule has 1 aromatic heterocycles. The second-order valence-corrected chi connectivity index (χ2v) is 4.27. The topological polar surface area (TPSA) is 42.1 Å². The van der Waals surface area contributed by atoms with Crippen molar-refractivity contribution in [3.8, 4) is 0 Å². The van der Waals surface area contributed by atoms with Gasteiger partial charge in [-0.25, -0.2) is 0 Å². The number of hydrogen-bond acceptors (Lipinski definition) is 3. The molecular formula is C13H23N3. The van der Waals surface area contributed by atoms with E-state index in [-0.39, 0.29) is 6.04 Å². The summed E-state index contributed by atoms with van der Waals surface area (Å²) in [5, 5.41) is 0. The van der Waals surface area contributed by atoms with Crippen LogP contribution >= 0.6 is 0 Å². The lowest BCUT2D eigenvalue weighted by atomic mass is 10.2. The highest BCUT2D eigenvalue weighted by atomic mass is 15.1. The van der Waals surface area contributed by atoms with Gasteiger partial charge in [0.2, 0.25) is 0 Å². The van der Waals surface area contributed by atoms with E-state index in [0.717, 1.165) is 37.4 Å². The first kappa shape index (κ1) is 13.1. The van der Waals surface area contributed by atoms with Crippen molar-refractivity contribution in [1.82, 2.24) is 9.88 Å². The fourth-order valence-electron chi connectivity index (χ4n) is 1.68. The lowest BCUT2D eigenvalue weighted by Crippen LogP contribution is -2.36. The zero-order valence-electron chi connectivity index (χ0n) is 10.6. The third-order valence-corrected chi connectivity index (χ3v) is 2.80. The quantitative estimate of drug-likeness (QED) is 0.798. The zero-order valence-corrected chi connectivity index (χ0v) is 10.6. The molecule has 0 radical (unpaired) electrons. The number of likely N-dealkylation sites (N-methyl/N-ethyl adjacent to an activating group) is 1. The summed E-state index contributed by atoms with van der Waals surface area (Å²) in [5.74, 6) is 0. The Morgan fingerprint density at radius 3 is 2.69 bits per heavy atom. The minimum atomic E-state index is 0.268. The van der Waals surface area contributed by atoms with E-state index in [1.807, 2.05) is 13.0 Å². The number of nitrogens with two attached hydrogens (primary N) is 1. The summed E-state index contributed by atoms with van der Waals surface area (Å²) >= 11 is 0. The molecule has 0 aromatic carbocycles. The first-order valence-corrected chi connectivity index (χ1v) is 6.06. The van der Waals surface area contributed by atoms with Gasteiger partial charge < -0.3 is 5.73 Å². The van der Waals surface area contributed by atoms with Crippen LogP contribution in [0.25, 0.3) is 0 Å². The molecule has 1 aromatic rings. The predicted molar refractivity (Wildman–Crippen MR) is 68.2 cm³/mol. The first-order chi connectivity index (χ1) is 7.65. The van der Waals surface area contributed by atoms with E-state index in [0.29, 0.717) is 0 Å². The van der Waals surface area contributed by atoms with E-state index in [1.54, 1.807) is 0 Å². The largest absolute Gasteiger partial charge is 0.327 e. The average Bonchev–Trinajstić information content (AvgIpc) is 2.28. The normalized spacial score (nSPS) is 13.1. The van der Waals surface area contributed by atoms with Crippen molar-refractivity contribution in [3.05, 3.63) is 29.6 Å². The second kappa shape index (κ2) is 6.61. The van der Waals surface area contributed by atoms with Gasteiger partial charge in [-0.05, 0) is 32.0 Å². The Morgan fingerprint density at radius 2 is 2.12 bits per heavy atom. The van der Waals surface area contributed by atoms with Crippen LogP contribution in [0.4, 0.5) is 0 Å². The first-order valence-electron chi connectivity index (χ1n) is 6.06. The molecule has 1 unspecified atom stereocenters. The maximum absolute atomic E-state index is 5.97. The van der Waals surface area contributed by atoms with Gasteiger partial charge in [-0.1, -0.05) is 19.9 Å². The standard InChI is InChI=1S/C13H23N3/c1-4-12(14)9-16(5-2)10-13-8-6-7-11(3)15-13/h6-8,12H,4-5,9-10,14H2,1-3H3. The van der Waals surface area contributed by atoms with Crippen molar-refractivity contribution in [2.24, 2.45) is 5.73 Å². The molecule has 0 saturated carbocycles. The minimum absolute atomic E-state index is 0.268. The molecule has 3 nitrogen and oxygen atoms in total. The van der Waals surface area contributed by atoms with Crippen LogP contribution in [0, 0.1) is 6.92 Å². The van der Waals surface area contributed by atoms with Crippen LogP contribution in [0.5, 0.6) is 0 Å². The number of aryl methyl sites for hydroxylation is 1.